The zero-order chi connectivity index (χ0) is 15.2. The summed E-state index contributed by atoms with van der Waals surface area (Å²) in [5.41, 5.74) is 2.09. The van der Waals surface area contributed by atoms with E-state index in [2.05, 4.69) is 22.1 Å². The monoisotopic (exact) mass is 293 g/mol. The first kappa shape index (κ1) is 16.2. The summed E-state index contributed by atoms with van der Waals surface area (Å²) in [5, 5.41) is 22.9. The predicted molar refractivity (Wildman–Crippen MR) is 83.1 cm³/mol. The topological polar surface area (TPSA) is 68.6 Å². The summed E-state index contributed by atoms with van der Waals surface area (Å²) < 4.78 is 0. The molecule has 0 aliphatic carbocycles. The van der Waals surface area contributed by atoms with E-state index in [1.165, 1.54) is 25.9 Å². The van der Waals surface area contributed by atoms with Crippen LogP contribution in [0.25, 0.3) is 0 Å². The molecule has 118 valence electrons. The van der Waals surface area contributed by atoms with Crippen molar-refractivity contribution in [3.05, 3.63) is 23.0 Å². The van der Waals surface area contributed by atoms with Crippen LogP contribution >= 0.6 is 0 Å². The first-order valence-electron chi connectivity index (χ1n) is 7.86. The van der Waals surface area contributed by atoms with E-state index < -0.39 is 0 Å². The Morgan fingerprint density at radius 3 is 2.71 bits per heavy atom. The molecule has 3 N–H and O–H groups in total. The summed E-state index contributed by atoms with van der Waals surface area (Å²) >= 11 is 0. The van der Waals surface area contributed by atoms with E-state index in [1.807, 2.05) is 0 Å². The number of aliphatic hydroxyl groups is 1. The highest BCUT2D eigenvalue weighted by Crippen LogP contribution is 2.24. The van der Waals surface area contributed by atoms with Crippen molar-refractivity contribution in [3.63, 3.8) is 0 Å². The van der Waals surface area contributed by atoms with Gasteiger partial charge in [-0.1, -0.05) is 6.92 Å². The number of hydrogen-bond acceptors (Lipinski definition) is 5. The number of aromatic hydroxyl groups is 1. The number of piperidine rings is 1. The zero-order valence-corrected chi connectivity index (χ0v) is 13.1. The summed E-state index contributed by atoms with van der Waals surface area (Å²) in [6, 6.07) is 0. The molecule has 1 aliphatic heterocycles. The van der Waals surface area contributed by atoms with Gasteiger partial charge in [-0.25, -0.2) is 0 Å². The molecule has 0 saturated carbocycles. The molecular weight excluding hydrogens is 266 g/mol. The van der Waals surface area contributed by atoms with Gasteiger partial charge in [0.15, 0.2) is 0 Å². The molecular formula is C16H27N3O2. The Hall–Kier alpha value is -1.17. The summed E-state index contributed by atoms with van der Waals surface area (Å²) in [7, 11) is 0. The average molecular weight is 293 g/mol. The van der Waals surface area contributed by atoms with E-state index in [4.69, 9.17) is 0 Å². The van der Waals surface area contributed by atoms with Crippen LogP contribution in [0.2, 0.25) is 0 Å². The molecule has 5 nitrogen and oxygen atoms in total. The number of hydrogen-bond donors (Lipinski definition) is 3. The van der Waals surface area contributed by atoms with Crippen LogP contribution in [-0.2, 0) is 13.2 Å². The van der Waals surface area contributed by atoms with Gasteiger partial charge in [0, 0.05) is 23.9 Å². The van der Waals surface area contributed by atoms with Crippen LogP contribution in [-0.4, -0.2) is 46.3 Å². The number of likely N-dealkylation sites (tertiary alicyclic amines) is 1. The van der Waals surface area contributed by atoms with Crippen molar-refractivity contribution in [1.82, 2.24) is 15.2 Å². The van der Waals surface area contributed by atoms with E-state index in [0.717, 1.165) is 18.7 Å². The maximum atomic E-state index is 10.1. The molecule has 0 unspecified atom stereocenters. The van der Waals surface area contributed by atoms with Crippen molar-refractivity contribution < 1.29 is 10.2 Å². The second kappa shape index (κ2) is 7.73. The molecule has 1 aromatic heterocycles. The van der Waals surface area contributed by atoms with Gasteiger partial charge in [-0.05, 0) is 51.9 Å². The number of rotatable bonds is 6. The third kappa shape index (κ3) is 4.15. The van der Waals surface area contributed by atoms with Crippen LogP contribution in [0.4, 0.5) is 0 Å². The van der Waals surface area contributed by atoms with Crippen molar-refractivity contribution in [1.29, 1.82) is 0 Å². The number of nitrogens with one attached hydrogen (secondary N) is 1. The molecule has 1 saturated heterocycles. The molecule has 1 fully saturated rings. The fraction of sp³-hybridized carbons (Fsp3) is 0.688. The van der Waals surface area contributed by atoms with Gasteiger partial charge in [-0.15, -0.1) is 0 Å². The molecule has 2 rings (SSSR count). The number of pyridine rings is 1. The van der Waals surface area contributed by atoms with Crippen LogP contribution in [0.15, 0.2) is 6.20 Å². The zero-order valence-electron chi connectivity index (χ0n) is 13.1. The van der Waals surface area contributed by atoms with E-state index in [9.17, 15) is 10.2 Å². The molecule has 2 heterocycles. The SMILES string of the molecule is CCN1CCC(CNCc2c(CO)cnc(C)c2O)CC1. The number of aromatic nitrogens is 1. The Balaban J connectivity index is 1.85. The lowest BCUT2D eigenvalue weighted by atomic mass is 9.96. The molecule has 5 heteroatoms. The molecule has 0 atom stereocenters. The average Bonchev–Trinajstić information content (AvgIpc) is 2.52. The van der Waals surface area contributed by atoms with Gasteiger partial charge < -0.3 is 20.4 Å². The fourth-order valence-corrected chi connectivity index (χ4v) is 2.93. The quantitative estimate of drug-likeness (QED) is 0.740. The smallest absolute Gasteiger partial charge is 0.141 e. The number of nitrogens with zero attached hydrogens (tertiary/aromatic N) is 2. The lowest BCUT2D eigenvalue weighted by molar-refractivity contribution is 0.190. The second-order valence-corrected chi connectivity index (χ2v) is 5.86. The number of aryl methyl sites for hydroxylation is 1. The Morgan fingerprint density at radius 1 is 1.38 bits per heavy atom. The minimum absolute atomic E-state index is 0.0905. The van der Waals surface area contributed by atoms with Gasteiger partial charge in [-0.2, -0.15) is 0 Å². The van der Waals surface area contributed by atoms with Gasteiger partial charge in [0.1, 0.15) is 5.75 Å². The standard InChI is InChI=1S/C16H27N3O2/c1-3-19-6-4-13(5-7-19)8-17-10-15-14(11-20)9-18-12(2)16(15)21/h9,13,17,20-21H,3-8,10-11H2,1-2H3. The second-order valence-electron chi connectivity index (χ2n) is 5.86. The summed E-state index contributed by atoms with van der Waals surface area (Å²) in [5.74, 6) is 0.908. The lowest BCUT2D eigenvalue weighted by Crippen LogP contribution is -2.37. The first-order chi connectivity index (χ1) is 10.2. The third-order valence-electron chi connectivity index (χ3n) is 4.49. The highest BCUT2D eigenvalue weighted by molar-refractivity contribution is 5.40. The predicted octanol–water partition coefficient (Wildman–Crippen LogP) is 1.41. The van der Waals surface area contributed by atoms with E-state index in [-0.39, 0.29) is 12.4 Å². The highest BCUT2D eigenvalue weighted by atomic mass is 16.3. The molecule has 0 amide bonds. The van der Waals surface area contributed by atoms with Crippen molar-refractivity contribution in [2.75, 3.05) is 26.2 Å². The van der Waals surface area contributed by atoms with Crippen molar-refractivity contribution in [2.45, 2.75) is 39.8 Å². The molecule has 1 aromatic rings. The Kier molecular flexibility index (Phi) is 5.96. The normalized spacial score (nSPS) is 17.3. The van der Waals surface area contributed by atoms with Crippen molar-refractivity contribution in [3.8, 4) is 5.75 Å². The maximum Gasteiger partial charge on any atom is 0.141 e. The van der Waals surface area contributed by atoms with Crippen LogP contribution in [0.3, 0.4) is 0 Å². The Morgan fingerprint density at radius 2 is 2.10 bits per heavy atom. The van der Waals surface area contributed by atoms with Crippen LogP contribution in [0.5, 0.6) is 5.75 Å². The van der Waals surface area contributed by atoms with Gasteiger partial charge in [0.2, 0.25) is 0 Å². The molecule has 0 spiro atoms. The van der Waals surface area contributed by atoms with Gasteiger partial charge in [0.25, 0.3) is 0 Å². The fourth-order valence-electron chi connectivity index (χ4n) is 2.93. The minimum Gasteiger partial charge on any atom is -0.506 e. The van der Waals surface area contributed by atoms with Crippen LogP contribution < -0.4 is 5.32 Å². The molecule has 0 radical (unpaired) electrons. The lowest BCUT2D eigenvalue weighted by Gasteiger charge is -2.31. The Bertz CT molecular complexity index is 457. The van der Waals surface area contributed by atoms with E-state index in [1.54, 1.807) is 13.1 Å². The van der Waals surface area contributed by atoms with Gasteiger partial charge in [0.05, 0.1) is 12.3 Å². The van der Waals surface area contributed by atoms with Crippen LogP contribution in [0, 0.1) is 12.8 Å². The molecule has 0 bridgehead atoms. The molecule has 0 aromatic carbocycles. The first-order valence-corrected chi connectivity index (χ1v) is 7.86. The third-order valence-corrected chi connectivity index (χ3v) is 4.49. The largest absolute Gasteiger partial charge is 0.506 e. The van der Waals surface area contributed by atoms with Crippen molar-refractivity contribution in [2.24, 2.45) is 5.92 Å². The van der Waals surface area contributed by atoms with E-state index in [0.29, 0.717) is 23.7 Å². The maximum absolute atomic E-state index is 10.1. The Labute approximate surface area is 127 Å². The minimum atomic E-state index is -0.0905. The van der Waals surface area contributed by atoms with E-state index >= 15 is 0 Å². The summed E-state index contributed by atoms with van der Waals surface area (Å²) in [6.45, 7) is 8.96. The summed E-state index contributed by atoms with van der Waals surface area (Å²) in [6.07, 6.45) is 4.11. The van der Waals surface area contributed by atoms with Crippen LogP contribution in [0.1, 0.15) is 36.6 Å². The molecule has 21 heavy (non-hydrogen) atoms. The van der Waals surface area contributed by atoms with Gasteiger partial charge in [-0.3, -0.25) is 4.98 Å². The van der Waals surface area contributed by atoms with Gasteiger partial charge >= 0.3 is 0 Å². The van der Waals surface area contributed by atoms with Crippen molar-refractivity contribution >= 4 is 0 Å². The highest BCUT2D eigenvalue weighted by Gasteiger charge is 2.18. The number of aliphatic hydroxyl groups excluding tert-OH is 1. The summed E-state index contributed by atoms with van der Waals surface area (Å²) in [4.78, 5) is 6.57. The molecule has 1 aliphatic rings.